The normalized spacial score (nSPS) is 24.9. The van der Waals surface area contributed by atoms with Gasteiger partial charge in [-0.05, 0) is 42.5 Å². The van der Waals surface area contributed by atoms with Crippen molar-refractivity contribution in [3.8, 4) is 0 Å². The molecule has 0 bridgehead atoms. The van der Waals surface area contributed by atoms with Gasteiger partial charge in [-0.1, -0.05) is 17.7 Å². The van der Waals surface area contributed by atoms with Gasteiger partial charge in [-0.2, -0.15) is 0 Å². The topological polar surface area (TPSA) is 38.3 Å². The fraction of sp³-hybridized carbons (Fsp3) is 0.364. The van der Waals surface area contributed by atoms with E-state index in [9.17, 15) is 4.79 Å². The maximum absolute atomic E-state index is 11.1. The van der Waals surface area contributed by atoms with Crippen LogP contribution in [-0.4, -0.2) is 12.1 Å². The van der Waals surface area contributed by atoms with Crippen LogP contribution < -0.4 is 5.32 Å². The van der Waals surface area contributed by atoms with Crippen LogP contribution in [0.4, 0.5) is 4.79 Å². The van der Waals surface area contributed by atoms with Gasteiger partial charge < -0.3 is 10.1 Å². The Labute approximate surface area is 102 Å². The third-order valence-corrected chi connectivity index (χ3v) is 3.47. The number of alkyl carbamates (subject to hydrolysis) is 1. The van der Waals surface area contributed by atoms with Crippen molar-refractivity contribution < 1.29 is 9.53 Å². The van der Waals surface area contributed by atoms with Gasteiger partial charge in [-0.25, -0.2) is 4.79 Å². The van der Waals surface area contributed by atoms with E-state index in [1.807, 2.05) is 19.9 Å². The number of carbonyl (C=O) groups excluding carboxylic acids is 1. The molecular weight excluding hydrogens is 305 g/mol. The predicted octanol–water partition coefficient (Wildman–Crippen LogP) is 2.77. The van der Waals surface area contributed by atoms with Crippen LogP contribution >= 0.6 is 22.6 Å². The number of benzene rings is 1. The Morgan fingerprint density at radius 3 is 2.80 bits per heavy atom. The van der Waals surface area contributed by atoms with Crippen LogP contribution in [0.2, 0.25) is 0 Å². The molecule has 1 aliphatic heterocycles. The highest BCUT2D eigenvalue weighted by molar-refractivity contribution is 14.1. The molecule has 2 atom stereocenters. The van der Waals surface area contributed by atoms with Crippen LogP contribution in [0.25, 0.3) is 0 Å². The lowest BCUT2D eigenvalue weighted by atomic mass is 10.0. The van der Waals surface area contributed by atoms with Gasteiger partial charge in [0.2, 0.25) is 0 Å². The Balaban J connectivity index is 2.36. The number of rotatable bonds is 1. The van der Waals surface area contributed by atoms with E-state index in [0.717, 1.165) is 9.13 Å². The molecule has 1 amide bonds. The molecule has 80 valence electrons. The smallest absolute Gasteiger partial charge is 0.408 e. The summed E-state index contributed by atoms with van der Waals surface area (Å²) in [6.45, 7) is 3.99. The zero-order valence-corrected chi connectivity index (χ0v) is 10.7. The Morgan fingerprint density at radius 2 is 2.20 bits per heavy atom. The molecule has 0 aliphatic carbocycles. The lowest BCUT2D eigenvalue weighted by Crippen LogP contribution is -2.24. The summed E-state index contributed by atoms with van der Waals surface area (Å²) in [5, 5.41) is 2.75. The summed E-state index contributed by atoms with van der Waals surface area (Å²) in [6.07, 6.45) is -0.492. The van der Waals surface area contributed by atoms with E-state index in [1.165, 1.54) is 5.56 Å². The highest BCUT2D eigenvalue weighted by Gasteiger charge is 2.32. The SMILES string of the molecule is Cc1ccc(I)c(C2OC(=O)N[C@@H]2C)c1. The van der Waals surface area contributed by atoms with E-state index in [0.29, 0.717) is 0 Å². The Hall–Kier alpha value is -0.780. The van der Waals surface area contributed by atoms with E-state index in [1.54, 1.807) is 0 Å². The number of hydrogen-bond acceptors (Lipinski definition) is 2. The van der Waals surface area contributed by atoms with Gasteiger partial charge in [0, 0.05) is 9.13 Å². The minimum absolute atomic E-state index is 0.0350. The van der Waals surface area contributed by atoms with Crippen molar-refractivity contribution in [3.63, 3.8) is 0 Å². The number of amides is 1. The number of hydrogen-bond donors (Lipinski definition) is 1. The molecule has 1 fully saturated rings. The Kier molecular flexibility index (Phi) is 2.86. The number of cyclic esters (lactones) is 1. The quantitative estimate of drug-likeness (QED) is 0.809. The number of carbonyl (C=O) groups is 1. The average molecular weight is 317 g/mol. The predicted molar refractivity (Wildman–Crippen MR) is 65.7 cm³/mol. The van der Waals surface area contributed by atoms with Gasteiger partial charge in [0.15, 0.2) is 0 Å². The number of ether oxygens (including phenoxy) is 1. The molecule has 4 heteroatoms. The first-order valence-electron chi connectivity index (χ1n) is 4.81. The largest absolute Gasteiger partial charge is 0.439 e. The molecule has 0 aromatic heterocycles. The van der Waals surface area contributed by atoms with Crippen LogP contribution in [0, 0.1) is 10.5 Å². The molecule has 1 heterocycles. The summed E-state index contributed by atoms with van der Waals surface area (Å²) in [6, 6.07) is 6.21. The summed E-state index contributed by atoms with van der Waals surface area (Å²) in [5.74, 6) is 0. The van der Waals surface area contributed by atoms with Gasteiger partial charge in [0.05, 0.1) is 6.04 Å². The van der Waals surface area contributed by atoms with Crippen molar-refractivity contribution in [1.82, 2.24) is 5.32 Å². The first-order chi connectivity index (χ1) is 7.08. The highest BCUT2D eigenvalue weighted by atomic mass is 127. The highest BCUT2D eigenvalue weighted by Crippen LogP contribution is 2.30. The number of halogens is 1. The van der Waals surface area contributed by atoms with Crippen molar-refractivity contribution in [3.05, 3.63) is 32.9 Å². The van der Waals surface area contributed by atoms with Gasteiger partial charge in [-0.3, -0.25) is 0 Å². The van der Waals surface area contributed by atoms with E-state index < -0.39 is 0 Å². The molecule has 1 aliphatic rings. The first-order valence-corrected chi connectivity index (χ1v) is 5.89. The van der Waals surface area contributed by atoms with Crippen LogP contribution in [0.15, 0.2) is 18.2 Å². The van der Waals surface area contributed by atoms with Gasteiger partial charge >= 0.3 is 6.09 Å². The zero-order valence-electron chi connectivity index (χ0n) is 8.58. The Morgan fingerprint density at radius 1 is 1.47 bits per heavy atom. The monoisotopic (exact) mass is 317 g/mol. The van der Waals surface area contributed by atoms with Gasteiger partial charge in [0.1, 0.15) is 6.10 Å². The Bertz CT molecular complexity index is 406. The average Bonchev–Trinajstić information content (AvgIpc) is 2.50. The fourth-order valence-electron chi connectivity index (χ4n) is 1.73. The van der Waals surface area contributed by atoms with Crippen molar-refractivity contribution >= 4 is 28.7 Å². The molecule has 15 heavy (non-hydrogen) atoms. The molecular formula is C11H12INO2. The summed E-state index contributed by atoms with van der Waals surface area (Å²) < 4.78 is 6.37. The van der Waals surface area contributed by atoms with Gasteiger partial charge in [-0.15, -0.1) is 0 Å². The molecule has 1 N–H and O–H groups in total. The van der Waals surface area contributed by atoms with E-state index in [2.05, 4.69) is 40.0 Å². The molecule has 2 rings (SSSR count). The second-order valence-corrected chi connectivity index (χ2v) is 4.95. The second kappa shape index (κ2) is 4.00. The third kappa shape index (κ3) is 2.09. The fourth-order valence-corrected chi connectivity index (χ4v) is 2.37. The molecule has 1 saturated heterocycles. The van der Waals surface area contributed by atoms with Crippen molar-refractivity contribution in [2.75, 3.05) is 0 Å². The van der Waals surface area contributed by atoms with Crippen LogP contribution in [0.1, 0.15) is 24.2 Å². The number of nitrogens with one attached hydrogen (secondary N) is 1. The molecule has 0 spiro atoms. The minimum Gasteiger partial charge on any atom is -0.439 e. The standard InChI is InChI=1S/C11H12INO2/c1-6-3-4-9(12)8(5-6)10-7(2)13-11(14)15-10/h3-5,7,10H,1-2H3,(H,13,14)/t7-,10?/m1/s1. The van der Waals surface area contributed by atoms with Crippen molar-refractivity contribution in [2.45, 2.75) is 26.0 Å². The third-order valence-electron chi connectivity index (χ3n) is 2.49. The molecule has 0 saturated carbocycles. The molecule has 0 radical (unpaired) electrons. The van der Waals surface area contributed by atoms with Crippen molar-refractivity contribution in [1.29, 1.82) is 0 Å². The second-order valence-electron chi connectivity index (χ2n) is 3.78. The maximum atomic E-state index is 11.1. The maximum Gasteiger partial charge on any atom is 0.408 e. The van der Waals surface area contributed by atoms with Crippen LogP contribution in [0.5, 0.6) is 0 Å². The lowest BCUT2D eigenvalue weighted by molar-refractivity contribution is 0.133. The summed E-state index contributed by atoms with van der Waals surface area (Å²) in [5.41, 5.74) is 2.27. The number of aryl methyl sites for hydroxylation is 1. The molecule has 1 unspecified atom stereocenters. The zero-order chi connectivity index (χ0) is 11.0. The van der Waals surface area contributed by atoms with Crippen LogP contribution in [0.3, 0.4) is 0 Å². The summed E-state index contributed by atoms with van der Waals surface area (Å²) in [7, 11) is 0. The van der Waals surface area contributed by atoms with E-state index in [-0.39, 0.29) is 18.2 Å². The van der Waals surface area contributed by atoms with E-state index in [4.69, 9.17) is 4.74 Å². The van der Waals surface area contributed by atoms with Crippen LogP contribution in [-0.2, 0) is 4.74 Å². The van der Waals surface area contributed by atoms with Crippen molar-refractivity contribution in [2.24, 2.45) is 0 Å². The lowest BCUT2D eigenvalue weighted by Gasteiger charge is -2.15. The molecule has 1 aromatic carbocycles. The van der Waals surface area contributed by atoms with E-state index >= 15 is 0 Å². The summed E-state index contributed by atoms with van der Waals surface area (Å²) >= 11 is 2.26. The minimum atomic E-state index is -0.329. The van der Waals surface area contributed by atoms with Gasteiger partial charge in [0.25, 0.3) is 0 Å². The first kappa shape index (κ1) is 10.7. The molecule has 3 nitrogen and oxygen atoms in total. The molecule has 1 aromatic rings. The summed E-state index contributed by atoms with van der Waals surface area (Å²) in [4.78, 5) is 11.1.